The Labute approximate surface area is 133 Å². The van der Waals surface area contributed by atoms with E-state index < -0.39 is 5.82 Å². The van der Waals surface area contributed by atoms with E-state index in [-0.39, 0.29) is 18.0 Å². The van der Waals surface area contributed by atoms with Crippen molar-refractivity contribution in [2.24, 2.45) is 0 Å². The maximum absolute atomic E-state index is 13.7. The summed E-state index contributed by atoms with van der Waals surface area (Å²) in [6, 6.07) is 4.69. The first kappa shape index (κ1) is 16.6. The quantitative estimate of drug-likeness (QED) is 0.793. The topological polar surface area (TPSA) is 87.0 Å². The first-order chi connectivity index (χ1) is 11.1. The highest BCUT2D eigenvalue weighted by Gasteiger charge is 2.13. The number of hydrogen-bond donors (Lipinski definition) is 2. The number of carbonyl (C=O) groups excluding carboxylic acids is 1. The number of aromatic nitrogens is 1. The Morgan fingerprint density at radius 2 is 2.26 bits per heavy atom. The lowest BCUT2D eigenvalue weighted by molar-refractivity contribution is -0.119. The largest absolute Gasteiger partial charge is 0.383 e. The highest BCUT2D eigenvalue weighted by molar-refractivity contribution is 5.96. The summed E-state index contributed by atoms with van der Waals surface area (Å²) in [4.78, 5) is 16.0. The van der Waals surface area contributed by atoms with E-state index in [9.17, 15) is 14.4 Å². The number of pyridine rings is 1. The average Bonchev–Trinajstić information content (AvgIpc) is 2.52. The molecule has 2 N–H and O–H groups in total. The number of nitrogens with one attached hydrogen (secondary N) is 2. The Kier molecular flexibility index (Phi) is 5.44. The SMILES string of the molecule is COCCNC(=O)CNc1c(C#N)cnc2c(C)cc(F)cc12. The van der Waals surface area contributed by atoms with E-state index in [1.165, 1.54) is 18.3 Å². The average molecular weight is 316 g/mol. The van der Waals surface area contributed by atoms with Crippen molar-refractivity contribution in [2.45, 2.75) is 6.92 Å². The Morgan fingerprint density at radius 3 is 2.96 bits per heavy atom. The van der Waals surface area contributed by atoms with Crippen molar-refractivity contribution in [1.29, 1.82) is 5.26 Å². The minimum atomic E-state index is -0.417. The highest BCUT2D eigenvalue weighted by Crippen LogP contribution is 2.28. The summed E-state index contributed by atoms with van der Waals surface area (Å²) >= 11 is 0. The van der Waals surface area contributed by atoms with E-state index in [0.717, 1.165) is 0 Å². The predicted molar refractivity (Wildman–Crippen MR) is 84.5 cm³/mol. The Balaban J connectivity index is 2.28. The molecular formula is C16H17FN4O2. The fourth-order valence-corrected chi connectivity index (χ4v) is 2.24. The number of amides is 1. The Bertz CT molecular complexity index is 771. The molecule has 23 heavy (non-hydrogen) atoms. The number of benzene rings is 1. The van der Waals surface area contributed by atoms with Gasteiger partial charge in [0.2, 0.25) is 5.91 Å². The maximum atomic E-state index is 13.7. The van der Waals surface area contributed by atoms with E-state index in [2.05, 4.69) is 15.6 Å². The monoisotopic (exact) mass is 316 g/mol. The van der Waals surface area contributed by atoms with Crippen LogP contribution >= 0.6 is 0 Å². The molecule has 0 fully saturated rings. The molecule has 1 heterocycles. The van der Waals surface area contributed by atoms with Gasteiger partial charge in [-0.25, -0.2) is 4.39 Å². The van der Waals surface area contributed by atoms with Crippen LogP contribution in [-0.4, -0.2) is 37.7 Å². The molecule has 0 radical (unpaired) electrons. The van der Waals surface area contributed by atoms with E-state index in [0.29, 0.717) is 35.3 Å². The van der Waals surface area contributed by atoms with E-state index in [1.54, 1.807) is 14.0 Å². The van der Waals surface area contributed by atoms with Crippen LogP contribution in [0, 0.1) is 24.1 Å². The number of methoxy groups -OCH3 is 1. The van der Waals surface area contributed by atoms with Crippen LogP contribution in [0.4, 0.5) is 10.1 Å². The van der Waals surface area contributed by atoms with Gasteiger partial charge in [0.05, 0.1) is 29.9 Å². The molecule has 0 unspecified atom stereocenters. The molecule has 0 spiro atoms. The third-order valence-electron chi connectivity index (χ3n) is 3.30. The second-order valence-corrected chi connectivity index (χ2v) is 4.97. The second-order valence-electron chi connectivity index (χ2n) is 4.97. The summed E-state index contributed by atoms with van der Waals surface area (Å²) in [5.74, 6) is -0.663. The molecule has 1 amide bonds. The minimum absolute atomic E-state index is 0.0347. The van der Waals surface area contributed by atoms with Crippen LogP contribution in [0.5, 0.6) is 0 Å². The zero-order chi connectivity index (χ0) is 16.8. The fourth-order valence-electron chi connectivity index (χ4n) is 2.24. The highest BCUT2D eigenvalue weighted by atomic mass is 19.1. The van der Waals surface area contributed by atoms with E-state index >= 15 is 0 Å². The Hall–Kier alpha value is -2.72. The van der Waals surface area contributed by atoms with Gasteiger partial charge in [-0.05, 0) is 24.6 Å². The van der Waals surface area contributed by atoms with Crippen LogP contribution in [-0.2, 0) is 9.53 Å². The van der Waals surface area contributed by atoms with Gasteiger partial charge < -0.3 is 15.4 Å². The lowest BCUT2D eigenvalue weighted by Gasteiger charge is -2.12. The van der Waals surface area contributed by atoms with Crippen LogP contribution < -0.4 is 10.6 Å². The number of ether oxygens (including phenoxy) is 1. The third-order valence-corrected chi connectivity index (χ3v) is 3.30. The molecule has 2 aromatic rings. The van der Waals surface area contributed by atoms with Crippen molar-refractivity contribution < 1.29 is 13.9 Å². The summed E-state index contributed by atoms with van der Waals surface area (Å²) in [5, 5.41) is 15.3. The number of aryl methyl sites for hydroxylation is 1. The molecule has 2 rings (SSSR count). The summed E-state index contributed by atoms with van der Waals surface area (Å²) < 4.78 is 18.5. The van der Waals surface area contributed by atoms with Crippen molar-refractivity contribution in [3.05, 3.63) is 35.3 Å². The van der Waals surface area contributed by atoms with Gasteiger partial charge in [-0.2, -0.15) is 5.26 Å². The fraction of sp³-hybridized carbons (Fsp3) is 0.312. The van der Waals surface area contributed by atoms with E-state index in [1.807, 2.05) is 6.07 Å². The zero-order valence-electron chi connectivity index (χ0n) is 12.9. The molecule has 0 saturated carbocycles. The first-order valence-electron chi connectivity index (χ1n) is 7.05. The molecule has 0 saturated heterocycles. The number of rotatable bonds is 6. The molecule has 0 atom stereocenters. The lowest BCUT2D eigenvalue weighted by atomic mass is 10.1. The van der Waals surface area contributed by atoms with Gasteiger partial charge in [0.25, 0.3) is 0 Å². The van der Waals surface area contributed by atoms with Crippen molar-refractivity contribution in [3.8, 4) is 6.07 Å². The standard InChI is InChI=1S/C16H17FN4O2/c1-10-5-12(17)6-13-15(10)20-8-11(7-18)16(13)21-9-14(22)19-3-4-23-2/h5-6,8H,3-4,9H2,1-2H3,(H,19,22)(H,20,21). The normalized spacial score (nSPS) is 10.3. The van der Waals surface area contributed by atoms with Crippen LogP contribution in [0.3, 0.4) is 0 Å². The van der Waals surface area contributed by atoms with Crippen molar-refractivity contribution in [3.63, 3.8) is 0 Å². The molecule has 120 valence electrons. The van der Waals surface area contributed by atoms with Crippen molar-refractivity contribution >= 4 is 22.5 Å². The molecule has 0 aliphatic heterocycles. The number of halogens is 1. The van der Waals surface area contributed by atoms with Crippen LogP contribution in [0.2, 0.25) is 0 Å². The molecule has 0 aliphatic carbocycles. The molecule has 1 aromatic carbocycles. The number of hydrogen-bond acceptors (Lipinski definition) is 5. The lowest BCUT2D eigenvalue weighted by Crippen LogP contribution is -2.32. The van der Waals surface area contributed by atoms with Gasteiger partial charge >= 0.3 is 0 Å². The van der Waals surface area contributed by atoms with Crippen molar-refractivity contribution in [1.82, 2.24) is 10.3 Å². The number of fused-ring (bicyclic) bond motifs is 1. The predicted octanol–water partition coefficient (Wildman–Crippen LogP) is 1.73. The second kappa shape index (κ2) is 7.51. The molecule has 7 heteroatoms. The summed E-state index contributed by atoms with van der Waals surface area (Å²) in [7, 11) is 1.55. The smallest absolute Gasteiger partial charge is 0.239 e. The molecule has 0 aliphatic rings. The number of nitriles is 1. The number of anilines is 1. The Morgan fingerprint density at radius 1 is 1.48 bits per heavy atom. The zero-order valence-corrected chi connectivity index (χ0v) is 12.9. The molecule has 1 aromatic heterocycles. The summed E-state index contributed by atoms with van der Waals surface area (Å²) in [5.41, 5.74) is 1.92. The first-order valence-corrected chi connectivity index (χ1v) is 7.05. The molecular weight excluding hydrogens is 299 g/mol. The summed E-state index contributed by atoms with van der Waals surface area (Å²) in [6.45, 7) is 2.52. The van der Waals surface area contributed by atoms with Gasteiger partial charge in [0.15, 0.2) is 0 Å². The van der Waals surface area contributed by atoms with Gasteiger partial charge in [-0.3, -0.25) is 9.78 Å². The number of carbonyl (C=O) groups is 1. The van der Waals surface area contributed by atoms with Crippen LogP contribution in [0.15, 0.2) is 18.3 Å². The maximum Gasteiger partial charge on any atom is 0.239 e. The van der Waals surface area contributed by atoms with Gasteiger partial charge in [0.1, 0.15) is 11.9 Å². The third kappa shape index (κ3) is 3.93. The van der Waals surface area contributed by atoms with Crippen molar-refractivity contribution in [2.75, 3.05) is 32.1 Å². The van der Waals surface area contributed by atoms with Gasteiger partial charge in [0, 0.05) is 25.2 Å². The van der Waals surface area contributed by atoms with Crippen LogP contribution in [0.25, 0.3) is 10.9 Å². The summed E-state index contributed by atoms with van der Waals surface area (Å²) in [6.07, 6.45) is 1.42. The van der Waals surface area contributed by atoms with E-state index in [4.69, 9.17) is 4.74 Å². The number of nitrogens with zero attached hydrogens (tertiary/aromatic N) is 2. The van der Waals surface area contributed by atoms with Gasteiger partial charge in [-0.1, -0.05) is 0 Å². The van der Waals surface area contributed by atoms with Crippen LogP contribution in [0.1, 0.15) is 11.1 Å². The minimum Gasteiger partial charge on any atom is -0.383 e. The van der Waals surface area contributed by atoms with Gasteiger partial charge in [-0.15, -0.1) is 0 Å². The molecule has 6 nitrogen and oxygen atoms in total. The molecule has 0 bridgehead atoms.